The van der Waals surface area contributed by atoms with Gasteiger partial charge in [0.05, 0.1) is 0 Å². The molecule has 1 heterocycles. The molecule has 0 amide bonds. The molecule has 86 valence electrons. The van der Waals surface area contributed by atoms with Gasteiger partial charge in [0.2, 0.25) is 0 Å². The van der Waals surface area contributed by atoms with Gasteiger partial charge in [-0.1, -0.05) is 12.1 Å². The topological polar surface area (TPSA) is 29.3 Å². The molecule has 2 aromatic rings. The van der Waals surface area contributed by atoms with E-state index in [-0.39, 0.29) is 5.82 Å². The maximum absolute atomic E-state index is 12.9. The smallest absolute Gasteiger partial charge is 0.123 e. The zero-order valence-corrected chi connectivity index (χ0v) is 9.36. The SMILES string of the molecule is Nc1cccc2c1CN(c1ccc(F)cc1)C2. The van der Waals surface area contributed by atoms with E-state index in [1.807, 2.05) is 12.1 Å². The number of fused-ring (bicyclic) bond motifs is 1. The molecule has 2 N–H and O–H groups in total. The number of nitrogen functional groups attached to an aromatic ring is 1. The third kappa shape index (κ3) is 1.73. The summed E-state index contributed by atoms with van der Waals surface area (Å²) in [7, 11) is 0. The number of hydrogen-bond acceptors (Lipinski definition) is 2. The Kier molecular flexibility index (Phi) is 2.25. The molecule has 2 nitrogen and oxygen atoms in total. The Morgan fingerprint density at radius 2 is 1.76 bits per heavy atom. The number of halogens is 1. The Bertz CT molecular complexity index is 549. The molecular weight excluding hydrogens is 215 g/mol. The van der Waals surface area contributed by atoms with Crippen molar-refractivity contribution in [2.75, 3.05) is 10.6 Å². The van der Waals surface area contributed by atoms with Crippen LogP contribution < -0.4 is 10.6 Å². The number of rotatable bonds is 1. The van der Waals surface area contributed by atoms with E-state index >= 15 is 0 Å². The third-order valence-electron chi connectivity index (χ3n) is 3.21. The molecule has 0 aliphatic carbocycles. The lowest BCUT2D eigenvalue weighted by molar-refractivity contribution is 0.627. The minimum atomic E-state index is -0.204. The lowest BCUT2D eigenvalue weighted by Crippen LogP contribution is -2.14. The van der Waals surface area contributed by atoms with Gasteiger partial charge in [0.25, 0.3) is 0 Å². The maximum Gasteiger partial charge on any atom is 0.123 e. The molecule has 0 aromatic heterocycles. The number of hydrogen-bond donors (Lipinski definition) is 1. The van der Waals surface area contributed by atoms with E-state index in [2.05, 4.69) is 11.0 Å². The van der Waals surface area contributed by atoms with Gasteiger partial charge in [0, 0.05) is 24.5 Å². The average molecular weight is 228 g/mol. The summed E-state index contributed by atoms with van der Waals surface area (Å²) < 4.78 is 12.9. The molecule has 0 unspecified atom stereocenters. The summed E-state index contributed by atoms with van der Waals surface area (Å²) >= 11 is 0. The van der Waals surface area contributed by atoms with Gasteiger partial charge in [0.15, 0.2) is 0 Å². The van der Waals surface area contributed by atoms with Crippen molar-refractivity contribution in [1.29, 1.82) is 0 Å². The van der Waals surface area contributed by atoms with Gasteiger partial charge < -0.3 is 10.6 Å². The fourth-order valence-corrected chi connectivity index (χ4v) is 2.28. The molecule has 1 aliphatic heterocycles. The van der Waals surface area contributed by atoms with Crippen LogP contribution in [0.5, 0.6) is 0 Å². The highest BCUT2D eigenvalue weighted by Crippen LogP contribution is 2.31. The van der Waals surface area contributed by atoms with Gasteiger partial charge in [-0.15, -0.1) is 0 Å². The quantitative estimate of drug-likeness (QED) is 0.760. The molecule has 3 rings (SSSR count). The van der Waals surface area contributed by atoms with Crippen molar-refractivity contribution in [3.8, 4) is 0 Å². The van der Waals surface area contributed by atoms with Crippen LogP contribution in [0.4, 0.5) is 15.8 Å². The zero-order valence-electron chi connectivity index (χ0n) is 9.36. The monoisotopic (exact) mass is 228 g/mol. The van der Waals surface area contributed by atoms with Gasteiger partial charge in [-0.2, -0.15) is 0 Å². The first-order valence-electron chi connectivity index (χ1n) is 5.61. The van der Waals surface area contributed by atoms with Crippen LogP contribution >= 0.6 is 0 Å². The van der Waals surface area contributed by atoms with Crippen LogP contribution in [0.1, 0.15) is 11.1 Å². The lowest BCUT2D eigenvalue weighted by Gasteiger charge is -2.17. The van der Waals surface area contributed by atoms with Crippen molar-refractivity contribution in [2.45, 2.75) is 13.1 Å². The Morgan fingerprint density at radius 3 is 2.47 bits per heavy atom. The lowest BCUT2D eigenvalue weighted by atomic mass is 10.1. The fraction of sp³-hybridized carbons (Fsp3) is 0.143. The van der Waals surface area contributed by atoms with Crippen LogP contribution in [0, 0.1) is 5.82 Å². The van der Waals surface area contributed by atoms with Crippen molar-refractivity contribution < 1.29 is 4.39 Å². The largest absolute Gasteiger partial charge is 0.398 e. The Labute approximate surface area is 99.5 Å². The molecule has 0 fully saturated rings. The maximum atomic E-state index is 12.9. The second kappa shape index (κ2) is 3.77. The van der Waals surface area contributed by atoms with Gasteiger partial charge in [0.1, 0.15) is 5.82 Å². The van der Waals surface area contributed by atoms with Crippen LogP contribution in [0.15, 0.2) is 42.5 Å². The summed E-state index contributed by atoms with van der Waals surface area (Å²) in [5.41, 5.74) is 10.3. The summed E-state index contributed by atoms with van der Waals surface area (Å²) in [6, 6.07) is 12.6. The van der Waals surface area contributed by atoms with E-state index in [0.29, 0.717) is 0 Å². The molecule has 17 heavy (non-hydrogen) atoms. The van der Waals surface area contributed by atoms with Crippen molar-refractivity contribution >= 4 is 11.4 Å². The Hall–Kier alpha value is -2.03. The highest BCUT2D eigenvalue weighted by Gasteiger charge is 2.20. The summed E-state index contributed by atoms with van der Waals surface area (Å²) in [6.07, 6.45) is 0. The first kappa shape index (κ1) is 10.1. The van der Waals surface area contributed by atoms with Crippen molar-refractivity contribution in [1.82, 2.24) is 0 Å². The van der Waals surface area contributed by atoms with E-state index in [9.17, 15) is 4.39 Å². The molecule has 0 spiro atoms. The molecule has 2 aromatic carbocycles. The highest BCUT2D eigenvalue weighted by atomic mass is 19.1. The second-order valence-corrected chi connectivity index (χ2v) is 4.32. The van der Waals surface area contributed by atoms with Gasteiger partial charge in [-0.25, -0.2) is 4.39 Å². The molecule has 0 saturated carbocycles. The van der Waals surface area contributed by atoms with Gasteiger partial charge in [-0.3, -0.25) is 0 Å². The first-order valence-corrected chi connectivity index (χ1v) is 5.61. The number of benzene rings is 2. The van der Waals surface area contributed by atoms with E-state index < -0.39 is 0 Å². The minimum Gasteiger partial charge on any atom is -0.398 e. The molecule has 0 saturated heterocycles. The highest BCUT2D eigenvalue weighted by molar-refractivity contribution is 5.59. The summed E-state index contributed by atoms with van der Waals surface area (Å²) in [4.78, 5) is 2.19. The van der Waals surface area contributed by atoms with E-state index in [1.54, 1.807) is 12.1 Å². The first-order chi connectivity index (χ1) is 8.24. The predicted molar refractivity (Wildman–Crippen MR) is 67.1 cm³/mol. The molecule has 0 atom stereocenters. The molecule has 0 radical (unpaired) electrons. The summed E-state index contributed by atoms with van der Waals surface area (Å²) in [5, 5.41) is 0. The third-order valence-corrected chi connectivity index (χ3v) is 3.21. The van der Waals surface area contributed by atoms with E-state index in [1.165, 1.54) is 23.3 Å². The second-order valence-electron chi connectivity index (χ2n) is 4.32. The van der Waals surface area contributed by atoms with Crippen molar-refractivity contribution in [3.05, 3.63) is 59.4 Å². The van der Waals surface area contributed by atoms with Crippen LogP contribution in [-0.4, -0.2) is 0 Å². The van der Waals surface area contributed by atoms with Crippen LogP contribution in [0.25, 0.3) is 0 Å². The van der Waals surface area contributed by atoms with E-state index in [0.717, 1.165) is 24.5 Å². The van der Waals surface area contributed by atoms with Crippen molar-refractivity contribution in [2.24, 2.45) is 0 Å². The zero-order chi connectivity index (χ0) is 11.8. The number of nitrogens with two attached hydrogens (primary N) is 1. The molecular formula is C14H13FN2. The number of nitrogens with zero attached hydrogens (tertiary/aromatic N) is 1. The van der Waals surface area contributed by atoms with Gasteiger partial charge >= 0.3 is 0 Å². The van der Waals surface area contributed by atoms with Gasteiger partial charge in [-0.05, 0) is 41.5 Å². The standard InChI is InChI=1S/C14H13FN2/c15-11-4-6-12(7-5-11)17-8-10-2-1-3-14(16)13(10)9-17/h1-7H,8-9,16H2. The predicted octanol–water partition coefficient (Wildman–Crippen LogP) is 2.93. The van der Waals surface area contributed by atoms with E-state index in [4.69, 9.17) is 5.73 Å². The van der Waals surface area contributed by atoms with Crippen LogP contribution in [0.2, 0.25) is 0 Å². The Balaban J connectivity index is 1.91. The van der Waals surface area contributed by atoms with Crippen LogP contribution in [0.3, 0.4) is 0 Å². The average Bonchev–Trinajstić information content (AvgIpc) is 2.75. The number of anilines is 2. The molecule has 3 heteroatoms. The molecule has 1 aliphatic rings. The fourth-order valence-electron chi connectivity index (χ4n) is 2.28. The van der Waals surface area contributed by atoms with Crippen molar-refractivity contribution in [3.63, 3.8) is 0 Å². The minimum absolute atomic E-state index is 0.204. The normalized spacial score (nSPS) is 13.8. The Morgan fingerprint density at radius 1 is 1.00 bits per heavy atom. The van der Waals surface area contributed by atoms with Crippen LogP contribution in [-0.2, 0) is 13.1 Å². The molecule has 0 bridgehead atoms. The summed E-state index contributed by atoms with van der Waals surface area (Å²) in [5.74, 6) is -0.204. The summed E-state index contributed by atoms with van der Waals surface area (Å²) in [6.45, 7) is 1.64.